The zero-order chi connectivity index (χ0) is 55.1. The highest BCUT2D eigenvalue weighted by Crippen LogP contribution is 2.76. The highest BCUT2D eigenvalue weighted by Gasteiger charge is 2.72. The highest BCUT2D eigenvalue weighted by atomic mass is 16.8. The molecular weight excluding hydrogens is 989 g/mol. The minimum atomic E-state index is -1.81. The molecule has 22 nitrogen and oxygen atoms in total. The maximum absolute atomic E-state index is 12.8. The largest absolute Gasteiger partial charge is 0.394 e. The van der Waals surface area contributed by atoms with E-state index in [4.69, 9.17) is 37.9 Å². The quantitative estimate of drug-likeness (QED) is 0.0651. The average molecular weight is 1080 g/mol. The van der Waals surface area contributed by atoms with Gasteiger partial charge in [0.25, 0.3) is 0 Å². The van der Waals surface area contributed by atoms with Crippen LogP contribution >= 0.6 is 0 Å². The van der Waals surface area contributed by atoms with Gasteiger partial charge in [-0.1, -0.05) is 46.3 Å². The van der Waals surface area contributed by atoms with Gasteiger partial charge in [0, 0.05) is 0 Å². The number of aliphatic hydroxyl groups is 14. The van der Waals surface area contributed by atoms with Gasteiger partial charge in [0.15, 0.2) is 25.2 Å². The minimum absolute atomic E-state index is 0.0508. The Kier molecular flexibility index (Phi) is 18.1. The third kappa shape index (κ3) is 10.6. The predicted octanol–water partition coefficient (Wildman–Crippen LogP) is -1.56. The lowest BCUT2D eigenvalue weighted by atomic mass is 9.35. The molecule has 0 aromatic carbocycles. The fraction of sp³-hybridized carbons (Fsp3) is 0.962. The Morgan fingerprint density at radius 1 is 0.587 bits per heavy atom. The monoisotopic (exact) mass is 1080 g/mol. The third-order valence-corrected chi connectivity index (χ3v) is 20.5. The Hall–Kier alpha value is -1.14. The molecule has 4 heterocycles. The van der Waals surface area contributed by atoms with E-state index in [0.29, 0.717) is 38.5 Å². The van der Waals surface area contributed by atoms with Gasteiger partial charge in [0.2, 0.25) is 0 Å². The number of hydrogen-bond acceptors (Lipinski definition) is 22. The maximum atomic E-state index is 12.8. The standard InChI is InChI=1S/C53H90O22/c1-23(2)10-9-14-53(8,75-47-43(67)39(63)37(61)29(72-47)22-69-45-41(65)34(58)26(57)21-68-45)24-11-16-52(7)33(24)25(56)18-31-50(5)15-13-32(49(3,4)30(50)12-17-51(31,52)6)73-48-44(40(64)36(60)28(20-55)71-48)74-46-42(66)38(62)35(59)27(19-54)70-46/h10,24-48,54-67H,9,11-22H2,1-8H3/t24?,25-,26+,27-,28-,29-,30?,31?,32+,33?,34+,35-,36-,37-,38+,39+,40+,41-,42-,43-,44-,45+,46+,47+,48+,50+,51-,52-,53+/m1/s1. The molecule has 29 atom stereocenters. The van der Waals surface area contributed by atoms with Crippen LogP contribution in [0.25, 0.3) is 0 Å². The first-order chi connectivity index (χ1) is 35.1. The molecule has 4 saturated heterocycles. The van der Waals surface area contributed by atoms with Crippen molar-refractivity contribution in [1.29, 1.82) is 0 Å². The lowest BCUT2D eigenvalue weighted by Gasteiger charge is -2.71. The summed E-state index contributed by atoms with van der Waals surface area (Å²) in [6, 6.07) is 0. The molecule has 8 rings (SSSR count). The van der Waals surface area contributed by atoms with Gasteiger partial charge in [0.05, 0.1) is 44.2 Å². The molecule has 8 aliphatic rings. The van der Waals surface area contributed by atoms with Gasteiger partial charge >= 0.3 is 0 Å². The number of hydrogen-bond donors (Lipinski definition) is 14. The summed E-state index contributed by atoms with van der Waals surface area (Å²) in [5.41, 5.74) is -1.48. The lowest BCUT2D eigenvalue weighted by Crippen LogP contribution is -2.68. The van der Waals surface area contributed by atoms with Crippen molar-refractivity contribution in [2.75, 3.05) is 26.4 Å². The summed E-state index contributed by atoms with van der Waals surface area (Å²) in [6.07, 6.45) is -22.6. The number of aliphatic hydroxyl groups excluding tert-OH is 14. The number of fused-ring (bicyclic) bond motifs is 5. The Labute approximate surface area is 439 Å². The fourth-order valence-corrected chi connectivity index (χ4v) is 16.0. The molecule has 0 aromatic heterocycles. The Bertz CT molecular complexity index is 1940. The molecule has 14 N–H and O–H groups in total. The van der Waals surface area contributed by atoms with Crippen LogP contribution in [0.15, 0.2) is 11.6 Å². The van der Waals surface area contributed by atoms with Crippen molar-refractivity contribution >= 4 is 0 Å². The fourth-order valence-electron chi connectivity index (χ4n) is 16.0. The molecule has 0 aromatic rings. The third-order valence-electron chi connectivity index (χ3n) is 20.5. The van der Waals surface area contributed by atoms with E-state index in [1.165, 1.54) is 0 Å². The van der Waals surface area contributed by atoms with E-state index in [2.05, 4.69) is 40.7 Å². The van der Waals surface area contributed by atoms with E-state index in [9.17, 15) is 71.5 Å². The van der Waals surface area contributed by atoms with E-state index in [-0.39, 0.29) is 41.1 Å². The first-order valence-corrected chi connectivity index (χ1v) is 27.3. The van der Waals surface area contributed by atoms with E-state index >= 15 is 0 Å². The molecule has 75 heavy (non-hydrogen) atoms. The Morgan fingerprint density at radius 2 is 1.16 bits per heavy atom. The molecule has 4 unspecified atom stereocenters. The predicted molar refractivity (Wildman–Crippen MR) is 260 cm³/mol. The average Bonchev–Trinajstić information content (AvgIpc) is 3.75. The van der Waals surface area contributed by atoms with Gasteiger partial charge in [-0.2, -0.15) is 0 Å². The second-order valence-corrected chi connectivity index (χ2v) is 25.3. The van der Waals surface area contributed by atoms with Crippen molar-refractivity contribution in [2.45, 2.75) is 248 Å². The molecule has 0 bridgehead atoms. The summed E-state index contributed by atoms with van der Waals surface area (Å²) < 4.78 is 48.8. The Morgan fingerprint density at radius 3 is 1.80 bits per heavy atom. The van der Waals surface area contributed by atoms with Crippen molar-refractivity contribution in [3.8, 4) is 0 Å². The van der Waals surface area contributed by atoms with Crippen LogP contribution in [-0.4, -0.2) is 232 Å². The molecule has 0 amide bonds. The van der Waals surface area contributed by atoms with Gasteiger partial charge in [-0.25, -0.2) is 0 Å². The van der Waals surface area contributed by atoms with Crippen molar-refractivity contribution < 1.29 is 109 Å². The number of allylic oxidation sites excluding steroid dienone is 2. The van der Waals surface area contributed by atoms with E-state index in [0.717, 1.165) is 24.8 Å². The lowest BCUT2D eigenvalue weighted by molar-refractivity contribution is -0.378. The minimum Gasteiger partial charge on any atom is -0.394 e. The van der Waals surface area contributed by atoms with Gasteiger partial charge in [-0.05, 0) is 124 Å². The van der Waals surface area contributed by atoms with Crippen LogP contribution in [0.3, 0.4) is 0 Å². The summed E-state index contributed by atoms with van der Waals surface area (Å²) in [4.78, 5) is 0. The molecule has 0 radical (unpaired) electrons. The Balaban J connectivity index is 1.01. The summed E-state index contributed by atoms with van der Waals surface area (Å²) in [7, 11) is 0. The van der Waals surface area contributed by atoms with Gasteiger partial charge in [0.1, 0.15) is 91.6 Å². The maximum Gasteiger partial charge on any atom is 0.187 e. The van der Waals surface area contributed by atoms with Crippen LogP contribution in [0.1, 0.15) is 113 Å². The molecule has 22 heteroatoms. The first-order valence-electron chi connectivity index (χ1n) is 27.3. The number of ether oxygens (including phenoxy) is 8. The summed E-state index contributed by atoms with van der Waals surface area (Å²) in [5, 5.41) is 151. The van der Waals surface area contributed by atoms with Crippen LogP contribution in [0.4, 0.5) is 0 Å². The normalized spacial score (nSPS) is 52.7. The van der Waals surface area contributed by atoms with Crippen LogP contribution in [0.2, 0.25) is 0 Å². The second-order valence-electron chi connectivity index (χ2n) is 25.3. The van der Waals surface area contributed by atoms with Crippen molar-refractivity contribution in [3.63, 3.8) is 0 Å². The summed E-state index contributed by atoms with van der Waals surface area (Å²) >= 11 is 0. The zero-order valence-corrected chi connectivity index (χ0v) is 44.7. The molecular formula is C53H90O22. The second kappa shape index (κ2) is 22.7. The summed E-state index contributed by atoms with van der Waals surface area (Å²) in [6.45, 7) is 15.1. The molecule has 434 valence electrons. The van der Waals surface area contributed by atoms with Crippen LogP contribution < -0.4 is 0 Å². The van der Waals surface area contributed by atoms with Gasteiger partial charge in [-0.15, -0.1) is 0 Å². The molecule has 4 aliphatic heterocycles. The SMILES string of the molecule is CC(C)=CCC[C@](C)(O[C@@H]1O[C@H](CO[C@@H]2OC[C@H](O)[C@H](O)[C@H]2O)[C@@H](O)[C@H](O)[C@H]1O)C1CC[C@]2(C)C1[C@H](O)CC1[C@@]3(C)CC[C@H](O[C@@H]4O[C@H](CO)[C@@H](O)[C@H](O)[C@H]4O[C@@H]4O[C@H](CO)[C@@H](O)[C@H](O)[C@H]4O)C(C)(C)C3CC[C@]12C. The van der Waals surface area contributed by atoms with Crippen LogP contribution in [0, 0.1) is 45.3 Å². The molecule has 8 fully saturated rings. The van der Waals surface area contributed by atoms with Gasteiger partial charge < -0.3 is 109 Å². The number of rotatable bonds is 15. The molecule has 4 aliphatic carbocycles. The highest BCUT2D eigenvalue weighted by molar-refractivity contribution is 5.20. The smallest absolute Gasteiger partial charge is 0.187 e. The van der Waals surface area contributed by atoms with Crippen molar-refractivity contribution in [3.05, 3.63) is 11.6 Å². The summed E-state index contributed by atoms with van der Waals surface area (Å²) in [5.74, 6) is -0.395. The van der Waals surface area contributed by atoms with E-state index in [1.54, 1.807) is 0 Å². The van der Waals surface area contributed by atoms with Gasteiger partial charge in [-0.3, -0.25) is 0 Å². The van der Waals surface area contributed by atoms with Crippen LogP contribution in [0.5, 0.6) is 0 Å². The first kappa shape index (κ1) is 60.0. The zero-order valence-electron chi connectivity index (χ0n) is 44.7. The molecule has 4 saturated carbocycles. The van der Waals surface area contributed by atoms with Crippen LogP contribution in [-0.2, 0) is 37.9 Å². The van der Waals surface area contributed by atoms with Crippen molar-refractivity contribution in [2.24, 2.45) is 45.3 Å². The van der Waals surface area contributed by atoms with E-state index in [1.807, 2.05) is 20.8 Å². The molecule has 0 spiro atoms. The van der Waals surface area contributed by atoms with Crippen molar-refractivity contribution in [1.82, 2.24) is 0 Å². The topological polar surface area (TPSA) is 357 Å². The van der Waals surface area contributed by atoms with E-state index < -0.39 is 165 Å².